The van der Waals surface area contributed by atoms with E-state index < -0.39 is 84.9 Å². The Hall–Kier alpha value is -1.80. The van der Waals surface area contributed by atoms with E-state index in [1.807, 2.05) is 0 Å². The molecule has 270 valence electrons. The molecule has 44 heavy (non-hydrogen) atoms. The van der Waals surface area contributed by atoms with Crippen molar-refractivity contribution in [2.75, 3.05) is 0 Å². The summed E-state index contributed by atoms with van der Waals surface area (Å²) in [5.74, 6) is -15.8. The molecule has 0 fully saturated rings. The Morgan fingerprint density at radius 2 is 0.523 bits per heavy atom. The van der Waals surface area contributed by atoms with E-state index in [0.29, 0.717) is 0 Å². The number of aliphatic hydroxyl groups excluding tert-OH is 1. The molecule has 0 rings (SSSR count). The average molecular weight is 762 g/mol. The molecule has 4 N–H and O–H groups in total. The maximum atomic E-state index is 12.8. The number of alkyl halides is 22. The van der Waals surface area contributed by atoms with Crippen LogP contribution < -0.4 is 0 Å². The van der Waals surface area contributed by atoms with Gasteiger partial charge in [0.1, 0.15) is 6.29 Å². The second-order valence-corrected chi connectivity index (χ2v) is 10.00. The molecule has 0 saturated carbocycles. The van der Waals surface area contributed by atoms with Crippen LogP contribution in [-0.4, -0.2) is 101 Å². The third kappa shape index (κ3) is 7.94. The van der Waals surface area contributed by atoms with Gasteiger partial charge in [0.05, 0.1) is 0 Å². The molecule has 0 radical (unpaired) electrons. The van der Waals surface area contributed by atoms with E-state index in [1.165, 1.54) is 6.92 Å². The van der Waals surface area contributed by atoms with Gasteiger partial charge in [0.25, 0.3) is 0 Å². The summed E-state index contributed by atoms with van der Waals surface area (Å²) in [4.78, 5) is 0. The summed E-state index contributed by atoms with van der Waals surface area (Å²) in [5, 5.41) is 0.444. The Kier molecular flexibility index (Phi) is 13.2. The van der Waals surface area contributed by atoms with E-state index in [9.17, 15) is 113 Å². The Morgan fingerprint density at radius 3 is 0.591 bits per heavy atom. The highest BCUT2D eigenvalue weighted by atomic mass is 32.2. The largest absolute Gasteiger partial charge is 0.438 e. The number of hydrogen-bond acceptors (Lipinski definition) is 6. The third-order valence-corrected chi connectivity index (χ3v) is 5.62. The molecule has 0 atom stereocenters. The van der Waals surface area contributed by atoms with Gasteiger partial charge in [-0.3, -0.25) is 9.11 Å². The third-order valence-electron chi connectivity index (χ3n) is 3.81. The molecule has 0 heterocycles. The first-order valence-electron chi connectivity index (χ1n) is 8.69. The molecule has 8 nitrogen and oxygen atoms in total. The first-order valence-corrected chi connectivity index (χ1v) is 11.6. The molecular weight excluding hydrogens is 754 g/mol. The van der Waals surface area contributed by atoms with Gasteiger partial charge in [-0.15, -0.1) is 0 Å². The Morgan fingerprint density at radius 1 is 0.409 bits per heavy atom. The summed E-state index contributed by atoms with van der Waals surface area (Å²) in [6.07, 6.45) is -31.8. The zero-order valence-corrected chi connectivity index (χ0v) is 20.8. The highest BCUT2D eigenvalue weighted by Crippen LogP contribution is 2.61. The molecule has 0 spiro atoms. The van der Waals surface area contributed by atoms with Gasteiger partial charge in [-0.1, -0.05) is 0 Å². The van der Waals surface area contributed by atoms with E-state index in [1.54, 1.807) is 0 Å². The van der Waals surface area contributed by atoms with Crippen molar-refractivity contribution in [1.29, 1.82) is 0 Å². The second kappa shape index (κ2) is 12.4. The highest BCUT2D eigenvalue weighted by molar-refractivity contribution is 7.87. The SMILES string of the molecule is CC(O)O.O=S(=O)(O)C(F)(F)C(F)(F)C(F)(C(F)(F)F)C(F)(F)F.O=S(=O)(O)C(F)(F)C(F)(F)C(F)(C(F)(F)F)C(F)(F)F. The lowest BCUT2D eigenvalue weighted by molar-refractivity contribution is -0.417. The minimum absolute atomic E-state index is 1.17. The maximum absolute atomic E-state index is 12.8. The summed E-state index contributed by atoms with van der Waals surface area (Å²) in [6, 6.07) is 0. The second-order valence-electron chi connectivity index (χ2n) is 7.07. The molecular formula is C12H8F22O8S2. The maximum Gasteiger partial charge on any atom is 0.438 e. The molecule has 0 saturated heterocycles. The van der Waals surface area contributed by atoms with Crippen LogP contribution in [0.2, 0.25) is 0 Å². The van der Waals surface area contributed by atoms with Gasteiger partial charge in [-0.2, -0.15) is 105 Å². The summed E-state index contributed by atoms with van der Waals surface area (Å²) in [6.45, 7) is 1.28. The minimum atomic E-state index is -7.91. The zero-order chi connectivity index (χ0) is 37.6. The lowest BCUT2D eigenvalue weighted by atomic mass is 9.96. The van der Waals surface area contributed by atoms with Crippen LogP contribution in [0.4, 0.5) is 96.6 Å². The molecule has 0 unspecified atom stereocenters. The number of aliphatic hydroxyl groups is 2. The zero-order valence-electron chi connectivity index (χ0n) is 19.1. The topological polar surface area (TPSA) is 149 Å². The van der Waals surface area contributed by atoms with Crippen LogP contribution in [0.3, 0.4) is 0 Å². The molecule has 32 heteroatoms. The molecule has 0 aromatic heterocycles. The molecule has 0 aliphatic rings. The number of rotatable bonds is 6. The Balaban J connectivity index is -0.000000680. The fourth-order valence-electron chi connectivity index (χ4n) is 1.76. The van der Waals surface area contributed by atoms with E-state index >= 15 is 0 Å². The minimum Gasteiger partial charge on any atom is -0.368 e. The number of halogens is 22. The van der Waals surface area contributed by atoms with Gasteiger partial charge in [-0.25, -0.2) is 8.78 Å². The van der Waals surface area contributed by atoms with Crippen molar-refractivity contribution in [3.8, 4) is 0 Å². The van der Waals surface area contributed by atoms with Crippen LogP contribution in [0, 0.1) is 0 Å². The van der Waals surface area contributed by atoms with Gasteiger partial charge in [-0.05, 0) is 6.92 Å². The quantitative estimate of drug-likeness (QED) is 0.164. The van der Waals surface area contributed by atoms with Crippen molar-refractivity contribution >= 4 is 20.2 Å². The van der Waals surface area contributed by atoms with Crippen molar-refractivity contribution in [2.45, 2.75) is 71.6 Å². The van der Waals surface area contributed by atoms with E-state index in [2.05, 4.69) is 0 Å². The average Bonchev–Trinajstić information content (AvgIpc) is 2.66. The van der Waals surface area contributed by atoms with E-state index in [-0.39, 0.29) is 0 Å². The summed E-state index contributed by atoms with van der Waals surface area (Å²) in [5.41, 5.74) is -15.8. The standard InChI is InChI=1S/2C5HF11O3S.C2H6O2/c2*6-1(3(9,10)11,4(12,13)14)2(7,8)5(15,16)20(17,18)19;1-2(3)4/h2*(H,17,18,19);2-4H,1H3. The molecule has 0 bridgehead atoms. The monoisotopic (exact) mass is 762 g/mol. The summed E-state index contributed by atoms with van der Waals surface area (Å²) >= 11 is 0. The van der Waals surface area contributed by atoms with Gasteiger partial charge in [0.15, 0.2) is 0 Å². The van der Waals surface area contributed by atoms with Gasteiger partial charge in [0.2, 0.25) is 0 Å². The molecule has 0 aliphatic carbocycles. The van der Waals surface area contributed by atoms with Crippen LogP contribution in [0.5, 0.6) is 0 Å². The van der Waals surface area contributed by atoms with Crippen molar-refractivity contribution in [1.82, 2.24) is 0 Å². The van der Waals surface area contributed by atoms with Crippen molar-refractivity contribution in [3.63, 3.8) is 0 Å². The van der Waals surface area contributed by atoms with Gasteiger partial charge in [0, 0.05) is 0 Å². The Bertz CT molecular complexity index is 1060. The first-order chi connectivity index (χ1) is 18.2. The summed E-state index contributed by atoms with van der Waals surface area (Å²) < 4.78 is 322. The molecule has 0 aliphatic heterocycles. The van der Waals surface area contributed by atoms with Gasteiger partial charge >= 0.3 is 78.6 Å². The number of hydrogen-bond donors (Lipinski definition) is 4. The normalized spacial score (nSPS) is 15.7. The first kappa shape index (κ1) is 46.6. The van der Waals surface area contributed by atoms with Crippen LogP contribution in [0.25, 0.3) is 0 Å². The molecule has 0 aromatic carbocycles. The summed E-state index contributed by atoms with van der Waals surface area (Å²) in [7, 11) is -15.0. The van der Waals surface area contributed by atoms with Crippen LogP contribution in [-0.2, 0) is 20.2 Å². The predicted molar refractivity (Wildman–Crippen MR) is 88.7 cm³/mol. The van der Waals surface area contributed by atoms with E-state index in [0.717, 1.165) is 0 Å². The molecule has 0 amide bonds. The van der Waals surface area contributed by atoms with Gasteiger partial charge < -0.3 is 10.2 Å². The highest BCUT2D eigenvalue weighted by Gasteiger charge is 2.93. The lowest BCUT2D eigenvalue weighted by Gasteiger charge is -2.38. The van der Waals surface area contributed by atoms with Crippen molar-refractivity contribution in [2.24, 2.45) is 0 Å². The van der Waals surface area contributed by atoms with Crippen LogP contribution in [0.1, 0.15) is 6.92 Å². The molecule has 0 aromatic rings. The predicted octanol–water partition coefficient (Wildman–Crippen LogP) is 5.19. The fourth-order valence-corrected chi connectivity index (χ4v) is 2.69. The van der Waals surface area contributed by atoms with Crippen molar-refractivity contribution < 1.29 is 133 Å². The fraction of sp³-hybridized carbons (Fsp3) is 1.00. The van der Waals surface area contributed by atoms with E-state index in [4.69, 9.17) is 19.3 Å². The Labute approximate surface area is 225 Å². The van der Waals surface area contributed by atoms with Crippen molar-refractivity contribution in [3.05, 3.63) is 0 Å². The van der Waals surface area contributed by atoms with Crippen LogP contribution in [0.15, 0.2) is 0 Å². The lowest BCUT2D eigenvalue weighted by Crippen LogP contribution is -2.71. The smallest absolute Gasteiger partial charge is 0.368 e. The van der Waals surface area contributed by atoms with Crippen LogP contribution >= 0.6 is 0 Å².